The molecule has 1 fully saturated rings. The molecule has 1 aliphatic heterocycles. The first kappa shape index (κ1) is 20.4. The summed E-state index contributed by atoms with van der Waals surface area (Å²) >= 11 is 1.51. The van der Waals surface area contributed by atoms with Crippen molar-refractivity contribution in [3.8, 4) is 5.75 Å². The van der Waals surface area contributed by atoms with Crippen LogP contribution in [0.5, 0.6) is 5.75 Å². The number of hydrogen-bond acceptors (Lipinski definition) is 6. The highest BCUT2D eigenvalue weighted by Gasteiger charge is 2.21. The van der Waals surface area contributed by atoms with Gasteiger partial charge in [-0.3, -0.25) is 4.99 Å². The molecule has 1 N–H and O–H groups in total. The van der Waals surface area contributed by atoms with Gasteiger partial charge in [-0.2, -0.15) is 4.37 Å². The third kappa shape index (κ3) is 5.34. The molecule has 0 atom stereocenters. The van der Waals surface area contributed by atoms with Crippen LogP contribution in [0.1, 0.15) is 25.2 Å². The summed E-state index contributed by atoms with van der Waals surface area (Å²) in [5.74, 6) is 2.83. The lowest BCUT2D eigenvalue weighted by Crippen LogP contribution is -2.52. The largest absolute Gasteiger partial charge is 0.497 e. The normalized spacial score (nSPS) is 15.0. The van der Waals surface area contributed by atoms with Crippen LogP contribution in [0.25, 0.3) is 0 Å². The van der Waals surface area contributed by atoms with Gasteiger partial charge in [-0.05, 0) is 31.0 Å². The highest BCUT2D eigenvalue weighted by Crippen LogP contribution is 2.19. The van der Waals surface area contributed by atoms with E-state index in [-0.39, 0.29) is 0 Å². The lowest BCUT2D eigenvalue weighted by Gasteiger charge is -2.36. The number of nitrogens with one attached hydrogen (secondary N) is 1. The first-order valence-corrected chi connectivity index (χ1v) is 10.7. The standard InChI is InChI=1S/C20H30N6OS/c1-4-18-23-20(28-24-18)26-14-12-25(13-15-26)19(21-5-2)22-11-10-16-6-8-17(27-3)9-7-16/h6-9H,4-5,10-15H2,1-3H3,(H,21,22). The third-order valence-corrected chi connectivity index (χ3v) is 5.59. The van der Waals surface area contributed by atoms with Gasteiger partial charge >= 0.3 is 0 Å². The van der Waals surface area contributed by atoms with Crippen LogP contribution in [0, 0.1) is 0 Å². The summed E-state index contributed by atoms with van der Waals surface area (Å²) in [5.41, 5.74) is 1.27. The van der Waals surface area contributed by atoms with Gasteiger partial charge in [0.25, 0.3) is 0 Å². The second kappa shape index (κ2) is 10.3. The van der Waals surface area contributed by atoms with Gasteiger partial charge in [0.2, 0.25) is 5.13 Å². The van der Waals surface area contributed by atoms with Crippen LogP contribution in [-0.2, 0) is 12.8 Å². The summed E-state index contributed by atoms with van der Waals surface area (Å²) in [4.78, 5) is 14.1. The van der Waals surface area contributed by atoms with Gasteiger partial charge < -0.3 is 19.9 Å². The lowest BCUT2D eigenvalue weighted by molar-refractivity contribution is 0.372. The quantitative estimate of drug-likeness (QED) is 0.567. The molecule has 1 aromatic heterocycles. The van der Waals surface area contributed by atoms with Crippen LogP contribution in [0.4, 0.5) is 5.13 Å². The van der Waals surface area contributed by atoms with Crippen molar-refractivity contribution in [2.75, 3.05) is 51.3 Å². The molecule has 7 nitrogen and oxygen atoms in total. The van der Waals surface area contributed by atoms with Crippen molar-refractivity contribution in [2.24, 2.45) is 4.99 Å². The molecule has 0 bridgehead atoms. The Morgan fingerprint density at radius 3 is 2.54 bits per heavy atom. The molecule has 152 valence electrons. The maximum atomic E-state index is 5.22. The Morgan fingerprint density at radius 1 is 1.18 bits per heavy atom. The van der Waals surface area contributed by atoms with E-state index in [1.807, 2.05) is 12.1 Å². The summed E-state index contributed by atoms with van der Waals surface area (Å²) in [6, 6.07) is 8.21. The number of rotatable bonds is 7. The number of aliphatic imine (C=N–C) groups is 1. The molecule has 2 heterocycles. The number of methoxy groups -OCH3 is 1. The number of guanidine groups is 1. The van der Waals surface area contributed by atoms with E-state index in [1.54, 1.807) is 7.11 Å². The van der Waals surface area contributed by atoms with E-state index in [0.29, 0.717) is 0 Å². The van der Waals surface area contributed by atoms with E-state index < -0.39 is 0 Å². The molecular formula is C20H30N6OS. The zero-order valence-corrected chi connectivity index (χ0v) is 17.8. The molecule has 0 unspecified atom stereocenters. The summed E-state index contributed by atoms with van der Waals surface area (Å²) < 4.78 is 9.62. The van der Waals surface area contributed by atoms with Gasteiger partial charge in [-0.15, -0.1) is 0 Å². The van der Waals surface area contributed by atoms with Gasteiger partial charge in [0.1, 0.15) is 11.6 Å². The smallest absolute Gasteiger partial charge is 0.205 e. The summed E-state index contributed by atoms with van der Waals surface area (Å²) in [7, 11) is 1.69. The van der Waals surface area contributed by atoms with Crippen LogP contribution in [-0.4, -0.2) is 66.6 Å². The first-order valence-electron chi connectivity index (χ1n) is 9.97. The zero-order chi connectivity index (χ0) is 19.8. The van der Waals surface area contributed by atoms with E-state index in [9.17, 15) is 0 Å². The monoisotopic (exact) mass is 402 g/mol. The number of piperazine rings is 1. The number of aromatic nitrogens is 2. The fourth-order valence-corrected chi connectivity index (χ4v) is 3.94. The van der Waals surface area contributed by atoms with Crippen molar-refractivity contribution in [2.45, 2.75) is 26.7 Å². The fraction of sp³-hybridized carbons (Fsp3) is 0.550. The number of nitrogens with zero attached hydrogens (tertiary/aromatic N) is 5. The highest BCUT2D eigenvalue weighted by molar-refractivity contribution is 7.09. The van der Waals surface area contributed by atoms with E-state index in [0.717, 1.165) is 74.8 Å². The minimum absolute atomic E-state index is 0.769. The van der Waals surface area contributed by atoms with Crippen molar-refractivity contribution in [3.05, 3.63) is 35.7 Å². The molecular weight excluding hydrogens is 372 g/mol. The van der Waals surface area contributed by atoms with Gasteiger partial charge in [0.05, 0.1) is 7.11 Å². The van der Waals surface area contributed by atoms with Gasteiger partial charge in [-0.25, -0.2) is 4.98 Å². The van der Waals surface area contributed by atoms with Gasteiger partial charge in [-0.1, -0.05) is 19.1 Å². The average molecular weight is 403 g/mol. The molecule has 2 aromatic rings. The maximum Gasteiger partial charge on any atom is 0.205 e. The van der Waals surface area contributed by atoms with E-state index in [1.165, 1.54) is 17.1 Å². The molecule has 8 heteroatoms. The third-order valence-electron chi connectivity index (χ3n) is 4.78. The minimum atomic E-state index is 0.769. The predicted molar refractivity (Wildman–Crippen MR) is 116 cm³/mol. The van der Waals surface area contributed by atoms with Crippen molar-refractivity contribution in [1.82, 2.24) is 19.6 Å². The molecule has 28 heavy (non-hydrogen) atoms. The molecule has 0 saturated carbocycles. The molecule has 0 spiro atoms. The molecule has 0 aliphatic carbocycles. The van der Waals surface area contributed by atoms with Crippen LogP contribution in [0.15, 0.2) is 29.3 Å². The molecule has 0 amide bonds. The highest BCUT2D eigenvalue weighted by atomic mass is 32.1. The van der Waals surface area contributed by atoms with Crippen LogP contribution >= 0.6 is 11.5 Å². The second-order valence-corrected chi connectivity index (χ2v) is 7.38. The Labute approximate surface area is 171 Å². The predicted octanol–water partition coefficient (Wildman–Crippen LogP) is 2.44. The first-order chi connectivity index (χ1) is 13.7. The van der Waals surface area contributed by atoms with Crippen molar-refractivity contribution in [1.29, 1.82) is 0 Å². The Morgan fingerprint density at radius 2 is 1.93 bits per heavy atom. The van der Waals surface area contributed by atoms with Crippen LogP contribution < -0.4 is 15.0 Å². The van der Waals surface area contributed by atoms with Crippen LogP contribution in [0.2, 0.25) is 0 Å². The summed E-state index contributed by atoms with van der Waals surface area (Å²) in [6.07, 6.45) is 1.81. The summed E-state index contributed by atoms with van der Waals surface area (Å²) in [6.45, 7) is 9.62. The summed E-state index contributed by atoms with van der Waals surface area (Å²) in [5, 5.41) is 4.48. The lowest BCUT2D eigenvalue weighted by atomic mass is 10.1. The van der Waals surface area contributed by atoms with Crippen molar-refractivity contribution < 1.29 is 4.74 Å². The molecule has 1 aliphatic rings. The van der Waals surface area contributed by atoms with Gasteiger partial charge in [0.15, 0.2) is 5.96 Å². The van der Waals surface area contributed by atoms with Crippen molar-refractivity contribution >= 4 is 22.6 Å². The number of benzene rings is 1. The Balaban J connectivity index is 1.53. The van der Waals surface area contributed by atoms with E-state index >= 15 is 0 Å². The number of hydrogen-bond donors (Lipinski definition) is 1. The van der Waals surface area contributed by atoms with Crippen LogP contribution in [0.3, 0.4) is 0 Å². The second-order valence-electron chi connectivity index (χ2n) is 6.65. The Kier molecular flexibility index (Phi) is 7.47. The maximum absolute atomic E-state index is 5.22. The van der Waals surface area contributed by atoms with Gasteiger partial charge in [0, 0.05) is 57.2 Å². The Bertz CT molecular complexity index is 752. The zero-order valence-electron chi connectivity index (χ0n) is 17.0. The average Bonchev–Trinajstić information content (AvgIpc) is 3.23. The van der Waals surface area contributed by atoms with E-state index in [4.69, 9.17) is 9.73 Å². The van der Waals surface area contributed by atoms with Crippen molar-refractivity contribution in [3.63, 3.8) is 0 Å². The molecule has 1 aromatic carbocycles. The Hall–Kier alpha value is -2.35. The SMILES string of the molecule is CCNC(=NCCc1ccc(OC)cc1)N1CCN(c2nc(CC)ns2)CC1. The van der Waals surface area contributed by atoms with E-state index in [2.05, 4.69) is 50.5 Å². The molecule has 0 radical (unpaired) electrons. The molecule has 3 rings (SSSR count). The fourth-order valence-electron chi connectivity index (χ4n) is 3.14. The number of aryl methyl sites for hydroxylation is 1. The topological polar surface area (TPSA) is 65.9 Å². The number of anilines is 1. The minimum Gasteiger partial charge on any atom is -0.497 e. The number of ether oxygens (including phenoxy) is 1. The molecule has 1 saturated heterocycles.